The number of cyclic esters (lactones) is 2. The maximum atomic E-state index is 12.8. The normalized spacial score (nSPS) is 18.2. The first kappa shape index (κ1) is 17.3. The Balaban J connectivity index is 1.89. The number of aromatic nitrogens is 1. The largest absolute Gasteiger partial charge is 0.422 e. The van der Waals surface area contributed by atoms with Crippen LogP contribution >= 0.6 is 0 Å². The lowest BCUT2D eigenvalue weighted by Gasteiger charge is -2.36. The molecule has 1 atom stereocenters. The fraction of sp³-hybridized carbons (Fsp3) is 0.273. The number of hydrogen-bond donors (Lipinski definition) is 1. The van der Waals surface area contributed by atoms with Crippen LogP contribution in [0, 0.1) is 12.8 Å². The van der Waals surface area contributed by atoms with E-state index in [-0.39, 0.29) is 0 Å². The molecule has 1 saturated heterocycles. The summed E-state index contributed by atoms with van der Waals surface area (Å²) >= 11 is 0. The van der Waals surface area contributed by atoms with Crippen molar-refractivity contribution in [3.8, 4) is 0 Å². The van der Waals surface area contributed by atoms with E-state index in [0.29, 0.717) is 0 Å². The molecule has 3 aromatic rings. The van der Waals surface area contributed by atoms with E-state index in [2.05, 4.69) is 4.98 Å². The molecule has 0 spiro atoms. The monoisotopic (exact) mass is 363 g/mol. The second-order valence-electron chi connectivity index (χ2n) is 7.40. The van der Waals surface area contributed by atoms with E-state index in [0.717, 1.165) is 27.6 Å². The van der Waals surface area contributed by atoms with Gasteiger partial charge in [-0.1, -0.05) is 48.0 Å². The van der Waals surface area contributed by atoms with Crippen molar-refractivity contribution < 1.29 is 19.1 Å². The van der Waals surface area contributed by atoms with Gasteiger partial charge >= 0.3 is 11.9 Å². The zero-order chi connectivity index (χ0) is 19.2. The molecule has 1 aliphatic rings. The van der Waals surface area contributed by atoms with Crippen molar-refractivity contribution in [2.24, 2.45) is 5.92 Å². The van der Waals surface area contributed by atoms with Crippen LogP contribution in [0.5, 0.6) is 0 Å². The number of para-hydroxylation sites is 1. The molecule has 4 rings (SSSR count). The Morgan fingerprint density at radius 2 is 1.70 bits per heavy atom. The molecule has 1 fully saturated rings. The fourth-order valence-corrected chi connectivity index (χ4v) is 3.77. The van der Waals surface area contributed by atoms with Crippen molar-refractivity contribution >= 4 is 22.8 Å². The molecule has 0 amide bonds. The van der Waals surface area contributed by atoms with Gasteiger partial charge in [-0.2, -0.15) is 0 Å². The van der Waals surface area contributed by atoms with Gasteiger partial charge in [-0.25, -0.2) is 0 Å². The maximum Gasteiger partial charge on any atom is 0.324 e. The highest BCUT2D eigenvalue weighted by Gasteiger charge is 2.48. The molecule has 0 radical (unpaired) electrons. The van der Waals surface area contributed by atoms with Gasteiger partial charge in [-0.3, -0.25) is 9.59 Å². The van der Waals surface area contributed by atoms with Crippen molar-refractivity contribution in [2.45, 2.75) is 32.5 Å². The summed E-state index contributed by atoms with van der Waals surface area (Å²) in [6.07, 6.45) is 1.86. The molecule has 0 bridgehead atoms. The number of ether oxygens (including phenoxy) is 2. The number of hydrogen-bond acceptors (Lipinski definition) is 4. The van der Waals surface area contributed by atoms with Crippen LogP contribution in [0.1, 0.15) is 36.5 Å². The molecule has 0 saturated carbocycles. The Morgan fingerprint density at radius 3 is 2.41 bits per heavy atom. The molecule has 2 aromatic carbocycles. The zero-order valence-corrected chi connectivity index (χ0v) is 15.5. The highest BCUT2D eigenvalue weighted by molar-refractivity contribution is 5.99. The molecule has 0 aliphatic carbocycles. The van der Waals surface area contributed by atoms with Gasteiger partial charge in [-0.05, 0) is 24.1 Å². The first-order chi connectivity index (χ1) is 12.9. The summed E-state index contributed by atoms with van der Waals surface area (Å²) in [7, 11) is 0. The summed E-state index contributed by atoms with van der Waals surface area (Å²) in [4.78, 5) is 28.9. The van der Waals surface area contributed by atoms with Crippen molar-refractivity contribution in [3.05, 3.63) is 71.4 Å². The smallest absolute Gasteiger partial charge is 0.324 e. The fourth-order valence-electron chi connectivity index (χ4n) is 3.77. The number of rotatable bonds is 3. The van der Waals surface area contributed by atoms with Crippen LogP contribution in [-0.4, -0.2) is 22.7 Å². The summed E-state index contributed by atoms with van der Waals surface area (Å²) in [5, 5.41) is 0.967. The minimum absolute atomic E-state index is 0.503. The topological polar surface area (TPSA) is 68.4 Å². The minimum Gasteiger partial charge on any atom is -0.422 e. The lowest BCUT2D eigenvalue weighted by atomic mass is 9.79. The zero-order valence-electron chi connectivity index (χ0n) is 15.5. The van der Waals surface area contributed by atoms with Gasteiger partial charge in [0.05, 0.1) is 0 Å². The first-order valence-corrected chi connectivity index (χ1v) is 8.94. The van der Waals surface area contributed by atoms with Gasteiger partial charge in [0.25, 0.3) is 5.79 Å². The van der Waals surface area contributed by atoms with E-state index in [1.54, 1.807) is 13.8 Å². The van der Waals surface area contributed by atoms with E-state index in [1.165, 1.54) is 0 Å². The van der Waals surface area contributed by atoms with Crippen LogP contribution < -0.4 is 0 Å². The number of aryl methyl sites for hydroxylation is 1. The van der Waals surface area contributed by atoms with E-state index < -0.39 is 29.6 Å². The number of H-pyrrole nitrogens is 1. The summed E-state index contributed by atoms with van der Waals surface area (Å²) in [5.41, 5.74) is 3.74. The Bertz CT molecular complexity index is 1010. The Morgan fingerprint density at radius 1 is 1.00 bits per heavy atom. The summed E-state index contributed by atoms with van der Waals surface area (Å²) in [6, 6.07) is 15.7. The van der Waals surface area contributed by atoms with Gasteiger partial charge in [-0.15, -0.1) is 0 Å². The molecule has 27 heavy (non-hydrogen) atoms. The Kier molecular flexibility index (Phi) is 4.02. The number of esters is 2. The molecule has 1 N–H and O–H groups in total. The Labute approximate surface area is 157 Å². The molecule has 1 unspecified atom stereocenters. The molecular weight excluding hydrogens is 342 g/mol. The average molecular weight is 363 g/mol. The van der Waals surface area contributed by atoms with Crippen molar-refractivity contribution in [1.29, 1.82) is 0 Å². The summed E-state index contributed by atoms with van der Waals surface area (Å²) < 4.78 is 10.8. The van der Waals surface area contributed by atoms with Gasteiger partial charge in [0.1, 0.15) is 0 Å². The minimum atomic E-state index is -1.25. The number of nitrogens with one attached hydrogen (secondary N) is 1. The quantitative estimate of drug-likeness (QED) is 0.563. The van der Waals surface area contributed by atoms with E-state index in [4.69, 9.17) is 9.47 Å². The molecule has 2 heterocycles. The van der Waals surface area contributed by atoms with Gasteiger partial charge in [0.15, 0.2) is 5.92 Å². The van der Waals surface area contributed by atoms with Gasteiger partial charge in [0.2, 0.25) is 0 Å². The lowest BCUT2D eigenvalue weighted by molar-refractivity contribution is -0.240. The average Bonchev–Trinajstić information content (AvgIpc) is 3.01. The molecule has 138 valence electrons. The Hall–Kier alpha value is -3.08. The number of carbonyl (C=O) groups is 2. The third-order valence-electron chi connectivity index (χ3n) is 4.89. The first-order valence-electron chi connectivity index (χ1n) is 8.94. The number of fused-ring (bicyclic) bond motifs is 1. The van der Waals surface area contributed by atoms with Crippen molar-refractivity contribution in [1.82, 2.24) is 4.98 Å². The lowest BCUT2D eigenvalue weighted by Crippen LogP contribution is -2.48. The van der Waals surface area contributed by atoms with E-state index >= 15 is 0 Å². The molecule has 5 heteroatoms. The second kappa shape index (κ2) is 6.27. The molecule has 1 aromatic heterocycles. The predicted molar refractivity (Wildman–Crippen MR) is 101 cm³/mol. The molecular formula is C22H21NO4. The summed E-state index contributed by atoms with van der Waals surface area (Å²) in [5.74, 6) is -3.93. The predicted octanol–water partition coefficient (Wildman–Crippen LogP) is 4.06. The standard InChI is InChI=1S/C22H21NO4/c1-13-7-6-8-14(11-13)18(16-12-23-17-10-5-4-9-15(16)17)19-20(24)26-22(2,3)27-21(19)25/h4-12,18-19,23H,1-3H3. The second-order valence-corrected chi connectivity index (χ2v) is 7.40. The van der Waals surface area contributed by atoms with Crippen LogP contribution in [0.3, 0.4) is 0 Å². The van der Waals surface area contributed by atoms with Gasteiger partial charge < -0.3 is 14.5 Å². The number of carbonyl (C=O) groups excluding carboxylic acids is 2. The third kappa shape index (κ3) is 3.10. The van der Waals surface area contributed by atoms with Crippen molar-refractivity contribution in [2.75, 3.05) is 0 Å². The van der Waals surface area contributed by atoms with Crippen molar-refractivity contribution in [3.63, 3.8) is 0 Å². The van der Waals surface area contributed by atoms with Crippen LogP contribution in [0.4, 0.5) is 0 Å². The number of benzene rings is 2. The summed E-state index contributed by atoms with van der Waals surface area (Å²) in [6.45, 7) is 5.11. The van der Waals surface area contributed by atoms with Crippen LogP contribution in [0.25, 0.3) is 10.9 Å². The maximum absolute atomic E-state index is 12.8. The van der Waals surface area contributed by atoms with E-state index in [9.17, 15) is 9.59 Å². The molecule has 1 aliphatic heterocycles. The molecule has 5 nitrogen and oxygen atoms in total. The number of aromatic amines is 1. The van der Waals surface area contributed by atoms with Crippen LogP contribution in [0.2, 0.25) is 0 Å². The van der Waals surface area contributed by atoms with Gasteiger partial charge in [0, 0.05) is 36.9 Å². The third-order valence-corrected chi connectivity index (χ3v) is 4.89. The van der Waals surface area contributed by atoms with Crippen LogP contribution in [0.15, 0.2) is 54.7 Å². The SMILES string of the molecule is Cc1cccc(C(c2c[nH]c3ccccc23)C2C(=O)OC(C)(C)OC2=O)c1. The van der Waals surface area contributed by atoms with Crippen LogP contribution in [-0.2, 0) is 19.1 Å². The van der Waals surface area contributed by atoms with E-state index in [1.807, 2.05) is 61.7 Å². The highest BCUT2D eigenvalue weighted by atomic mass is 16.7. The highest BCUT2D eigenvalue weighted by Crippen LogP contribution is 2.40.